The van der Waals surface area contributed by atoms with Crippen molar-refractivity contribution in [1.29, 1.82) is 0 Å². The molecular formula is C29H59NO5. The van der Waals surface area contributed by atoms with Gasteiger partial charge in [0.05, 0.1) is 18.8 Å². The molecule has 0 aromatic carbocycles. The first kappa shape index (κ1) is 34.3. The molecule has 0 heterocycles. The van der Waals surface area contributed by atoms with Crippen LogP contribution in [-0.2, 0) is 4.79 Å². The molecule has 210 valence electrons. The van der Waals surface area contributed by atoms with E-state index in [0.29, 0.717) is 12.8 Å². The van der Waals surface area contributed by atoms with Crippen molar-refractivity contribution in [2.24, 2.45) is 0 Å². The van der Waals surface area contributed by atoms with Crippen molar-refractivity contribution >= 4 is 5.91 Å². The van der Waals surface area contributed by atoms with Gasteiger partial charge in [0.1, 0.15) is 12.2 Å². The van der Waals surface area contributed by atoms with E-state index in [1.165, 1.54) is 83.5 Å². The van der Waals surface area contributed by atoms with E-state index in [1.54, 1.807) is 0 Å². The van der Waals surface area contributed by atoms with E-state index < -0.39 is 36.9 Å². The summed E-state index contributed by atoms with van der Waals surface area (Å²) in [4.78, 5) is 12.3. The van der Waals surface area contributed by atoms with Crippen molar-refractivity contribution in [2.75, 3.05) is 6.61 Å². The zero-order chi connectivity index (χ0) is 26.2. The van der Waals surface area contributed by atoms with Gasteiger partial charge in [0.2, 0.25) is 5.91 Å². The lowest BCUT2D eigenvalue weighted by atomic mass is 9.99. The zero-order valence-electron chi connectivity index (χ0n) is 23.1. The van der Waals surface area contributed by atoms with Gasteiger partial charge in [0, 0.05) is 0 Å². The molecule has 0 aromatic rings. The number of nitrogens with one attached hydrogen (secondary N) is 1. The van der Waals surface area contributed by atoms with Gasteiger partial charge in [0.15, 0.2) is 0 Å². The van der Waals surface area contributed by atoms with Gasteiger partial charge in [-0.25, -0.2) is 0 Å². The van der Waals surface area contributed by atoms with Crippen molar-refractivity contribution < 1.29 is 25.2 Å². The largest absolute Gasteiger partial charge is 0.394 e. The molecule has 0 aliphatic heterocycles. The van der Waals surface area contributed by atoms with Crippen molar-refractivity contribution in [1.82, 2.24) is 5.32 Å². The van der Waals surface area contributed by atoms with Crippen LogP contribution in [0.4, 0.5) is 0 Å². The minimum absolute atomic E-state index is 0.371. The summed E-state index contributed by atoms with van der Waals surface area (Å²) < 4.78 is 0. The van der Waals surface area contributed by atoms with Crippen LogP contribution >= 0.6 is 0 Å². The highest BCUT2D eigenvalue weighted by Gasteiger charge is 2.28. The van der Waals surface area contributed by atoms with E-state index >= 15 is 0 Å². The maximum Gasteiger partial charge on any atom is 0.249 e. The van der Waals surface area contributed by atoms with E-state index in [1.807, 2.05) is 0 Å². The minimum Gasteiger partial charge on any atom is -0.394 e. The molecule has 0 aliphatic rings. The molecule has 0 fully saturated rings. The molecular weight excluding hydrogens is 442 g/mol. The summed E-state index contributed by atoms with van der Waals surface area (Å²) in [5, 5.41) is 43.0. The number of hydrogen-bond acceptors (Lipinski definition) is 5. The first-order valence-electron chi connectivity index (χ1n) is 14.9. The molecule has 0 saturated carbocycles. The van der Waals surface area contributed by atoms with Gasteiger partial charge in [-0.05, 0) is 12.8 Å². The first-order chi connectivity index (χ1) is 17.0. The summed E-state index contributed by atoms with van der Waals surface area (Å²) in [7, 11) is 0. The molecule has 4 unspecified atom stereocenters. The van der Waals surface area contributed by atoms with Crippen LogP contribution in [0.2, 0.25) is 0 Å². The average Bonchev–Trinajstić information content (AvgIpc) is 2.86. The van der Waals surface area contributed by atoms with E-state index in [4.69, 9.17) is 0 Å². The summed E-state index contributed by atoms with van der Waals surface area (Å²) in [5.74, 6) is -0.590. The zero-order valence-corrected chi connectivity index (χ0v) is 23.1. The Kier molecular flexibility index (Phi) is 24.5. The van der Waals surface area contributed by atoms with Crippen molar-refractivity contribution in [3.63, 3.8) is 0 Å². The first-order valence-corrected chi connectivity index (χ1v) is 14.9. The highest BCUT2D eigenvalue weighted by atomic mass is 16.3. The Morgan fingerprint density at radius 3 is 1.37 bits per heavy atom. The second kappa shape index (κ2) is 25.0. The molecule has 0 saturated heterocycles. The summed E-state index contributed by atoms with van der Waals surface area (Å²) in [6, 6.07) is -0.974. The lowest BCUT2D eigenvalue weighted by molar-refractivity contribution is -0.132. The normalized spacial score (nSPS) is 15.0. The fourth-order valence-corrected chi connectivity index (χ4v) is 4.58. The molecule has 0 rings (SSSR count). The Balaban J connectivity index is 3.92. The minimum atomic E-state index is -1.25. The van der Waals surface area contributed by atoms with Gasteiger partial charge >= 0.3 is 0 Å². The van der Waals surface area contributed by atoms with Gasteiger partial charge < -0.3 is 25.7 Å². The Morgan fingerprint density at radius 2 is 0.971 bits per heavy atom. The highest BCUT2D eigenvalue weighted by molar-refractivity contribution is 5.80. The van der Waals surface area contributed by atoms with Gasteiger partial charge in [-0.2, -0.15) is 0 Å². The maximum atomic E-state index is 12.3. The fraction of sp³-hybridized carbons (Fsp3) is 0.966. The summed E-state index contributed by atoms with van der Waals surface area (Å²) in [6.07, 6.45) is 19.9. The monoisotopic (exact) mass is 501 g/mol. The molecule has 0 aliphatic carbocycles. The number of amides is 1. The number of unbranched alkanes of at least 4 members (excludes halogenated alkanes) is 17. The highest BCUT2D eigenvalue weighted by Crippen LogP contribution is 2.15. The maximum absolute atomic E-state index is 12.3. The number of carbonyl (C=O) groups excluding carboxylic acids is 1. The van der Waals surface area contributed by atoms with Crippen LogP contribution < -0.4 is 5.32 Å². The third-order valence-electron chi connectivity index (χ3n) is 7.07. The van der Waals surface area contributed by atoms with Crippen molar-refractivity contribution in [3.8, 4) is 0 Å². The predicted molar refractivity (Wildman–Crippen MR) is 145 cm³/mol. The van der Waals surface area contributed by atoms with Gasteiger partial charge in [-0.1, -0.05) is 136 Å². The number of rotatable bonds is 26. The number of aliphatic hydroxyl groups is 4. The SMILES string of the molecule is CCCCCCCCCCCCCC(O)C(O)C(CO)NC(=O)C(O)CCCCCCCCCC. The molecule has 0 spiro atoms. The topological polar surface area (TPSA) is 110 Å². The van der Waals surface area contributed by atoms with Gasteiger partial charge in [0.25, 0.3) is 0 Å². The molecule has 4 atom stereocenters. The summed E-state index contributed by atoms with van der Waals surface area (Å²) in [6.45, 7) is 3.96. The van der Waals surface area contributed by atoms with E-state index in [9.17, 15) is 25.2 Å². The molecule has 5 N–H and O–H groups in total. The van der Waals surface area contributed by atoms with E-state index in [-0.39, 0.29) is 0 Å². The summed E-state index contributed by atoms with van der Waals surface area (Å²) >= 11 is 0. The number of aliphatic hydroxyl groups excluding tert-OH is 4. The number of carbonyl (C=O) groups is 1. The predicted octanol–water partition coefficient (Wildman–Crippen LogP) is 5.78. The average molecular weight is 502 g/mol. The molecule has 0 radical (unpaired) electrons. The van der Waals surface area contributed by atoms with Crippen molar-refractivity contribution in [2.45, 2.75) is 173 Å². The van der Waals surface area contributed by atoms with Crippen LogP contribution in [0, 0.1) is 0 Å². The quantitative estimate of drug-likeness (QED) is 0.0965. The van der Waals surface area contributed by atoms with Crippen LogP contribution in [0.5, 0.6) is 0 Å². The van der Waals surface area contributed by atoms with Crippen LogP contribution in [0.25, 0.3) is 0 Å². The smallest absolute Gasteiger partial charge is 0.249 e. The van der Waals surface area contributed by atoms with Crippen LogP contribution in [0.3, 0.4) is 0 Å². The lowest BCUT2D eigenvalue weighted by Gasteiger charge is -2.27. The third kappa shape index (κ3) is 20.1. The lowest BCUT2D eigenvalue weighted by Crippen LogP contribution is -2.53. The summed E-state index contributed by atoms with van der Waals surface area (Å²) in [5.41, 5.74) is 0. The molecule has 6 nitrogen and oxygen atoms in total. The van der Waals surface area contributed by atoms with Crippen LogP contribution in [0.1, 0.15) is 149 Å². The Bertz CT molecular complexity index is 462. The second-order valence-electron chi connectivity index (χ2n) is 10.5. The van der Waals surface area contributed by atoms with Gasteiger partial charge in [-0.3, -0.25) is 4.79 Å². The number of hydrogen-bond donors (Lipinski definition) is 5. The molecule has 35 heavy (non-hydrogen) atoms. The molecule has 0 aromatic heterocycles. The fourth-order valence-electron chi connectivity index (χ4n) is 4.58. The standard InChI is InChI=1S/C29H59NO5/c1-3-5-7-9-11-13-14-15-17-18-20-22-26(32)28(34)25(24-31)30-29(35)27(33)23-21-19-16-12-10-8-6-4-2/h25-28,31-34H,3-24H2,1-2H3,(H,30,35). The Labute approximate surface area is 216 Å². The van der Waals surface area contributed by atoms with E-state index in [0.717, 1.165) is 38.5 Å². The van der Waals surface area contributed by atoms with Gasteiger partial charge in [-0.15, -0.1) is 0 Å². The van der Waals surface area contributed by atoms with E-state index in [2.05, 4.69) is 19.2 Å². The van der Waals surface area contributed by atoms with Crippen molar-refractivity contribution in [3.05, 3.63) is 0 Å². The Morgan fingerprint density at radius 1 is 0.600 bits per heavy atom. The van der Waals surface area contributed by atoms with Crippen LogP contribution in [0.15, 0.2) is 0 Å². The second-order valence-corrected chi connectivity index (χ2v) is 10.5. The molecule has 0 bridgehead atoms. The Hall–Kier alpha value is -0.690. The molecule has 1 amide bonds. The molecule has 6 heteroatoms. The van der Waals surface area contributed by atoms with Crippen LogP contribution in [-0.4, -0.2) is 57.3 Å². The third-order valence-corrected chi connectivity index (χ3v) is 7.07.